The first-order valence-electron chi connectivity index (χ1n) is 12.2. The van der Waals surface area contributed by atoms with E-state index in [0.29, 0.717) is 29.3 Å². The molecule has 1 heterocycles. The van der Waals surface area contributed by atoms with Crippen LogP contribution in [0.5, 0.6) is 5.75 Å². The molecule has 2 atom stereocenters. The quantitative estimate of drug-likeness (QED) is 0.473. The minimum Gasteiger partial charge on any atom is -0.489 e. The Hall–Kier alpha value is -3.01. The number of ether oxygens (including phenoxy) is 1. The Morgan fingerprint density at radius 1 is 1.14 bits per heavy atom. The highest BCUT2D eigenvalue weighted by Crippen LogP contribution is 2.39. The van der Waals surface area contributed by atoms with E-state index in [1.165, 1.54) is 18.1 Å². The molecule has 10 heteroatoms. The van der Waals surface area contributed by atoms with E-state index in [1.54, 1.807) is 19.1 Å². The Labute approximate surface area is 215 Å². The molecule has 1 fully saturated rings. The Kier molecular flexibility index (Phi) is 8.94. The fourth-order valence-corrected chi connectivity index (χ4v) is 6.19. The molecule has 0 unspecified atom stereocenters. The number of carbonyl (C=O) groups is 1. The predicted octanol–water partition coefficient (Wildman–Crippen LogP) is 6.61. The second-order valence-electron chi connectivity index (χ2n) is 9.58. The Balaban J connectivity index is 0.000000695. The van der Waals surface area contributed by atoms with E-state index in [9.17, 15) is 26.4 Å². The van der Waals surface area contributed by atoms with E-state index in [1.807, 2.05) is 6.07 Å². The zero-order valence-corrected chi connectivity index (χ0v) is 21.9. The van der Waals surface area contributed by atoms with E-state index in [0.717, 1.165) is 34.8 Å². The first-order valence-corrected chi connectivity index (χ1v) is 13.6. The maximum Gasteiger partial charge on any atom is 0.416 e. The van der Waals surface area contributed by atoms with Crippen molar-refractivity contribution in [3.05, 3.63) is 59.2 Å². The van der Waals surface area contributed by atoms with E-state index < -0.39 is 27.7 Å². The van der Waals surface area contributed by atoms with E-state index >= 15 is 0 Å². The van der Waals surface area contributed by atoms with Gasteiger partial charge in [-0.1, -0.05) is 44.6 Å². The first-order chi connectivity index (χ1) is 17.3. The van der Waals surface area contributed by atoms with Crippen molar-refractivity contribution in [2.24, 2.45) is 11.8 Å². The molecule has 37 heavy (non-hydrogen) atoms. The molecule has 1 aliphatic carbocycles. The molecule has 0 amide bonds. The standard InChI is InChI=1S/C24H26F3NO3S.C3H6O2/c1-16-10-17(2)12-19(11-16)13-18-6-7-23-22(14-18)28(8-9-31-23)32(29,30)21-5-3-4-20(15-21)24(25,26)27;1-2-3(4)5/h3-7,13-17H,8-12H2,1-2H3;2H2,1H3,(H,4,5)/t16-,17+;. The summed E-state index contributed by atoms with van der Waals surface area (Å²) in [5, 5.41) is 7.72. The van der Waals surface area contributed by atoms with Crippen molar-refractivity contribution in [1.29, 1.82) is 0 Å². The monoisotopic (exact) mass is 539 g/mol. The summed E-state index contributed by atoms with van der Waals surface area (Å²) in [6, 6.07) is 9.21. The van der Waals surface area contributed by atoms with Crippen LogP contribution in [-0.2, 0) is 21.0 Å². The molecular weight excluding hydrogens is 507 g/mol. The van der Waals surface area contributed by atoms with Crippen LogP contribution in [0.2, 0.25) is 0 Å². The highest BCUT2D eigenvalue weighted by molar-refractivity contribution is 7.92. The molecule has 0 radical (unpaired) electrons. The van der Waals surface area contributed by atoms with Crippen molar-refractivity contribution < 1.29 is 36.2 Å². The summed E-state index contributed by atoms with van der Waals surface area (Å²) in [4.78, 5) is 8.98. The lowest BCUT2D eigenvalue weighted by Gasteiger charge is -2.31. The van der Waals surface area contributed by atoms with Gasteiger partial charge in [0, 0.05) is 6.42 Å². The smallest absolute Gasteiger partial charge is 0.416 e. The summed E-state index contributed by atoms with van der Waals surface area (Å²) >= 11 is 0. The first kappa shape index (κ1) is 28.6. The van der Waals surface area contributed by atoms with Gasteiger partial charge in [-0.2, -0.15) is 13.2 Å². The molecule has 6 nitrogen and oxygen atoms in total. The number of hydrogen-bond donors (Lipinski definition) is 1. The number of carboxylic acids is 1. The predicted molar refractivity (Wildman–Crippen MR) is 136 cm³/mol. The van der Waals surface area contributed by atoms with Gasteiger partial charge in [0.25, 0.3) is 10.0 Å². The molecule has 2 aromatic rings. The second-order valence-corrected chi connectivity index (χ2v) is 11.4. The highest BCUT2D eigenvalue weighted by atomic mass is 32.2. The molecular formula is C27H32F3NO5S. The number of halogens is 3. The number of aliphatic carboxylic acids is 1. The SMILES string of the molecule is CCC(=O)O.C[C@@H]1CC(=Cc2ccc3c(c2)N(S(=O)(=O)c2cccc(C(F)(F)F)c2)CCO3)C[C@H](C)C1. The van der Waals surface area contributed by atoms with Gasteiger partial charge in [-0.15, -0.1) is 0 Å². The number of hydrogen-bond acceptors (Lipinski definition) is 4. The molecule has 0 aromatic heterocycles. The molecule has 2 aliphatic rings. The third-order valence-corrected chi connectivity index (χ3v) is 8.06. The summed E-state index contributed by atoms with van der Waals surface area (Å²) in [7, 11) is -4.19. The van der Waals surface area contributed by atoms with Crippen molar-refractivity contribution in [3.8, 4) is 5.75 Å². The summed E-state index contributed by atoms with van der Waals surface area (Å²) in [5.41, 5.74) is 1.53. The third-order valence-electron chi connectivity index (χ3n) is 6.25. The van der Waals surface area contributed by atoms with Crippen molar-refractivity contribution in [1.82, 2.24) is 0 Å². The number of nitrogens with zero attached hydrogens (tertiary/aromatic N) is 1. The molecule has 2 aromatic carbocycles. The molecule has 1 aliphatic heterocycles. The number of fused-ring (bicyclic) bond motifs is 1. The molecule has 202 valence electrons. The van der Waals surface area contributed by atoms with Gasteiger partial charge in [0.1, 0.15) is 12.4 Å². The highest BCUT2D eigenvalue weighted by Gasteiger charge is 2.34. The summed E-state index contributed by atoms with van der Waals surface area (Å²) < 4.78 is 72.8. The number of allylic oxidation sites excluding steroid dienone is 1. The molecule has 4 rings (SSSR count). The number of benzene rings is 2. The average Bonchev–Trinajstić information content (AvgIpc) is 2.83. The van der Waals surface area contributed by atoms with Crippen LogP contribution in [0.3, 0.4) is 0 Å². The maximum absolute atomic E-state index is 13.3. The van der Waals surface area contributed by atoms with E-state index in [2.05, 4.69) is 19.9 Å². The summed E-state index contributed by atoms with van der Waals surface area (Å²) in [6.45, 7) is 6.21. The van der Waals surface area contributed by atoms with Crippen LogP contribution in [0.4, 0.5) is 18.9 Å². The second kappa shape index (κ2) is 11.6. The zero-order valence-electron chi connectivity index (χ0n) is 21.1. The zero-order chi connectivity index (χ0) is 27.4. The number of rotatable bonds is 4. The van der Waals surface area contributed by atoms with Crippen LogP contribution in [0.1, 0.15) is 57.6 Å². The molecule has 0 bridgehead atoms. The Bertz CT molecular complexity index is 1240. The lowest BCUT2D eigenvalue weighted by molar-refractivity contribution is -0.138. The molecule has 0 saturated heterocycles. The van der Waals surface area contributed by atoms with Crippen LogP contribution in [-0.4, -0.2) is 32.6 Å². The van der Waals surface area contributed by atoms with Gasteiger partial charge < -0.3 is 9.84 Å². The van der Waals surface area contributed by atoms with E-state index in [4.69, 9.17) is 9.84 Å². The normalized spacial score (nSPS) is 20.9. The van der Waals surface area contributed by atoms with Crippen LogP contribution < -0.4 is 9.04 Å². The maximum atomic E-state index is 13.3. The number of sulfonamides is 1. The van der Waals surface area contributed by atoms with Crippen LogP contribution in [0, 0.1) is 11.8 Å². The number of carboxylic acid groups (broad SMARTS) is 1. The van der Waals surface area contributed by atoms with Gasteiger partial charge >= 0.3 is 12.1 Å². The van der Waals surface area contributed by atoms with Crippen molar-refractivity contribution in [2.45, 2.75) is 57.5 Å². The molecule has 1 saturated carbocycles. The van der Waals surface area contributed by atoms with Gasteiger partial charge in [-0.3, -0.25) is 9.10 Å². The fraction of sp³-hybridized carbons (Fsp3) is 0.444. The minimum atomic E-state index is -4.62. The van der Waals surface area contributed by atoms with Gasteiger partial charge in [0.15, 0.2) is 0 Å². The van der Waals surface area contributed by atoms with Crippen molar-refractivity contribution >= 4 is 27.8 Å². The number of anilines is 1. The van der Waals surface area contributed by atoms with Gasteiger partial charge in [-0.25, -0.2) is 8.42 Å². The topological polar surface area (TPSA) is 83.9 Å². The lowest BCUT2D eigenvalue weighted by atomic mass is 9.80. The van der Waals surface area contributed by atoms with Crippen molar-refractivity contribution in [3.63, 3.8) is 0 Å². The Morgan fingerprint density at radius 2 is 1.78 bits per heavy atom. The van der Waals surface area contributed by atoms with E-state index in [-0.39, 0.29) is 24.5 Å². The molecule has 0 spiro atoms. The molecule has 1 N–H and O–H groups in total. The third kappa shape index (κ3) is 7.28. The van der Waals surface area contributed by atoms with Gasteiger partial charge in [-0.05, 0) is 67.0 Å². The number of alkyl halides is 3. The van der Waals surface area contributed by atoms with Gasteiger partial charge in [0.05, 0.1) is 22.7 Å². The summed E-state index contributed by atoms with van der Waals surface area (Å²) in [5.74, 6) is 0.858. The van der Waals surface area contributed by atoms with Crippen LogP contribution in [0.25, 0.3) is 6.08 Å². The summed E-state index contributed by atoms with van der Waals surface area (Å²) in [6.07, 6.45) is 0.894. The average molecular weight is 540 g/mol. The van der Waals surface area contributed by atoms with Crippen LogP contribution >= 0.6 is 0 Å². The Morgan fingerprint density at radius 3 is 2.38 bits per heavy atom. The fourth-order valence-electron chi connectivity index (χ4n) is 4.70. The largest absolute Gasteiger partial charge is 0.489 e. The minimum absolute atomic E-state index is 0.0275. The van der Waals surface area contributed by atoms with Crippen LogP contribution in [0.15, 0.2) is 52.9 Å². The van der Waals surface area contributed by atoms with Gasteiger partial charge in [0.2, 0.25) is 0 Å². The lowest BCUT2D eigenvalue weighted by Crippen LogP contribution is -2.38. The van der Waals surface area contributed by atoms with Crippen molar-refractivity contribution in [2.75, 3.05) is 17.5 Å².